The number of aromatic nitrogens is 2. The van der Waals surface area contributed by atoms with Crippen molar-refractivity contribution in [3.8, 4) is 0 Å². The van der Waals surface area contributed by atoms with E-state index in [0.717, 1.165) is 17.7 Å². The lowest BCUT2D eigenvalue weighted by Gasteiger charge is -2.09. The molecule has 1 fully saturated rings. The van der Waals surface area contributed by atoms with Gasteiger partial charge in [-0.05, 0) is 36.7 Å². The number of H-pyrrole nitrogens is 1. The number of nitrogens with one attached hydrogen (secondary N) is 1. The van der Waals surface area contributed by atoms with Gasteiger partial charge in [-0.15, -0.1) is 0 Å². The molecule has 2 heteroatoms. The number of allylic oxidation sites excluding steroid dienone is 2. The van der Waals surface area contributed by atoms with E-state index in [1.807, 2.05) is 12.4 Å². The molecule has 2 atom stereocenters. The second kappa shape index (κ2) is 2.22. The van der Waals surface area contributed by atoms with Gasteiger partial charge in [0.05, 0.1) is 0 Å². The quantitative estimate of drug-likeness (QED) is 0.670. The molecule has 1 N–H and O–H groups in total. The van der Waals surface area contributed by atoms with Crippen LogP contribution in [0.4, 0.5) is 0 Å². The maximum absolute atomic E-state index is 4.29. The fourth-order valence-corrected chi connectivity index (χ4v) is 2.54. The predicted octanol–water partition coefficient (Wildman–Crippen LogP) is 2.22. The van der Waals surface area contributed by atoms with Crippen LogP contribution in [0.15, 0.2) is 18.5 Å². The SMILES string of the molecule is C1=C(c2ncc[nH]2)C2CCC1C2. The Kier molecular flexibility index (Phi) is 1.20. The first kappa shape index (κ1) is 6.46. The lowest BCUT2D eigenvalue weighted by molar-refractivity contribution is 0.694. The average molecular weight is 160 g/mol. The molecule has 2 bridgehead atoms. The Balaban J connectivity index is 2.00. The third-order valence-corrected chi connectivity index (χ3v) is 3.10. The van der Waals surface area contributed by atoms with Crippen molar-refractivity contribution in [2.45, 2.75) is 19.3 Å². The Labute approximate surface area is 71.7 Å². The summed E-state index contributed by atoms with van der Waals surface area (Å²) in [5.74, 6) is 2.76. The van der Waals surface area contributed by atoms with Crippen LogP contribution in [-0.4, -0.2) is 9.97 Å². The summed E-state index contributed by atoms with van der Waals surface area (Å²) in [6, 6.07) is 0. The summed E-state index contributed by atoms with van der Waals surface area (Å²) in [4.78, 5) is 7.48. The van der Waals surface area contributed by atoms with Crippen molar-refractivity contribution in [1.82, 2.24) is 9.97 Å². The lowest BCUT2D eigenvalue weighted by atomic mass is 9.98. The molecule has 1 saturated carbocycles. The third kappa shape index (κ3) is 0.779. The van der Waals surface area contributed by atoms with Crippen LogP contribution in [0.2, 0.25) is 0 Å². The number of aromatic amines is 1. The molecular weight excluding hydrogens is 148 g/mol. The number of hydrogen-bond donors (Lipinski definition) is 1. The highest BCUT2D eigenvalue weighted by molar-refractivity contribution is 5.65. The van der Waals surface area contributed by atoms with Gasteiger partial charge >= 0.3 is 0 Å². The minimum atomic E-state index is 0.807. The van der Waals surface area contributed by atoms with Crippen LogP contribution < -0.4 is 0 Å². The van der Waals surface area contributed by atoms with Crippen LogP contribution >= 0.6 is 0 Å². The fourth-order valence-electron chi connectivity index (χ4n) is 2.54. The van der Waals surface area contributed by atoms with Gasteiger partial charge in [-0.2, -0.15) is 0 Å². The molecule has 2 aliphatic rings. The Hall–Kier alpha value is -1.05. The monoisotopic (exact) mass is 160 g/mol. The maximum Gasteiger partial charge on any atom is 0.133 e. The largest absolute Gasteiger partial charge is 0.345 e. The predicted molar refractivity (Wildman–Crippen MR) is 47.4 cm³/mol. The molecule has 2 nitrogen and oxygen atoms in total. The van der Waals surface area contributed by atoms with E-state index in [4.69, 9.17) is 0 Å². The van der Waals surface area contributed by atoms with E-state index in [2.05, 4.69) is 16.0 Å². The van der Waals surface area contributed by atoms with Gasteiger partial charge in [0, 0.05) is 12.4 Å². The maximum atomic E-state index is 4.29. The molecule has 62 valence electrons. The molecular formula is C10H12N2. The first-order chi connectivity index (χ1) is 5.93. The van der Waals surface area contributed by atoms with Gasteiger partial charge in [0.1, 0.15) is 5.82 Å². The lowest BCUT2D eigenvalue weighted by Crippen LogP contribution is -1.97. The Morgan fingerprint density at radius 2 is 2.42 bits per heavy atom. The van der Waals surface area contributed by atoms with Crippen LogP contribution in [0.25, 0.3) is 5.57 Å². The van der Waals surface area contributed by atoms with Gasteiger partial charge in [0.15, 0.2) is 0 Å². The first-order valence-electron chi connectivity index (χ1n) is 4.65. The van der Waals surface area contributed by atoms with Crippen LogP contribution in [0.5, 0.6) is 0 Å². The van der Waals surface area contributed by atoms with Gasteiger partial charge < -0.3 is 4.98 Å². The zero-order valence-electron chi connectivity index (χ0n) is 6.96. The van der Waals surface area contributed by atoms with Crippen LogP contribution in [0.3, 0.4) is 0 Å². The molecule has 1 aromatic heterocycles. The highest BCUT2D eigenvalue weighted by Crippen LogP contribution is 2.46. The molecule has 0 amide bonds. The highest BCUT2D eigenvalue weighted by atomic mass is 14.9. The van der Waals surface area contributed by atoms with E-state index in [1.165, 1.54) is 24.8 Å². The smallest absolute Gasteiger partial charge is 0.133 e. The summed E-state index contributed by atoms with van der Waals surface area (Å²) in [6.45, 7) is 0. The number of nitrogens with zero attached hydrogens (tertiary/aromatic N) is 1. The second-order valence-electron chi connectivity index (χ2n) is 3.83. The zero-order valence-corrected chi connectivity index (χ0v) is 6.96. The molecule has 2 unspecified atom stereocenters. The standard InChI is InChI=1S/C10H12N2/c1-2-8-5-7(1)6-9(8)10-11-3-4-12-10/h3-4,6-8H,1-2,5H2,(H,11,12). The summed E-state index contributed by atoms with van der Waals surface area (Å²) in [5, 5.41) is 0. The van der Waals surface area contributed by atoms with Crippen LogP contribution in [0, 0.1) is 11.8 Å². The summed E-state index contributed by atoms with van der Waals surface area (Å²) >= 11 is 0. The van der Waals surface area contributed by atoms with Crippen molar-refractivity contribution in [2.75, 3.05) is 0 Å². The molecule has 3 rings (SSSR count). The summed E-state index contributed by atoms with van der Waals surface area (Å²) in [5.41, 5.74) is 1.47. The number of rotatable bonds is 1. The molecule has 1 aromatic rings. The van der Waals surface area contributed by atoms with Crippen LogP contribution in [0.1, 0.15) is 25.1 Å². The molecule has 0 radical (unpaired) electrons. The van der Waals surface area contributed by atoms with Crippen molar-refractivity contribution in [3.05, 3.63) is 24.3 Å². The van der Waals surface area contributed by atoms with E-state index in [0.29, 0.717) is 0 Å². The van der Waals surface area contributed by atoms with Gasteiger partial charge in [0.25, 0.3) is 0 Å². The van der Waals surface area contributed by atoms with Gasteiger partial charge in [0.2, 0.25) is 0 Å². The van der Waals surface area contributed by atoms with E-state index in [-0.39, 0.29) is 0 Å². The van der Waals surface area contributed by atoms with Gasteiger partial charge in [-0.3, -0.25) is 0 Å². The van der Waals surface area contributed by atoms with Crippen molar-refractivity contribution in [1.29, 1.82) is 0 Å². The molecule has 0 aliphatic heterocycles. The molecule has 2 aliphatic carbocycles. The summed E-state index contributed by atoms with van der Waals surface area (Å²) in [6.07, 6.45) is 10.3. The van der Waals surface area contributed by atoms with Gasteiger partial charge in [-0.25, -0.2) is 4.98 Å². The Morgan fingerprint density at radius 3 is 3.00 bits per heavy atom. The van der Waals surface area contributed by atoms with Gasteiger partial charge in [-0.1, -0.05) is 6.08 Å². The third-order valence-electron chi connectivity index (χ3n) is 3.10. The van der Waals surface area contributed by atoms with E-state index < -0.39 is 0 Å². The molecule has 0 aromatic carbocycles. The summed E-state index contributed by atoms with van der Waals surface area (Å²) in [7, 11) is 0. The normalized spacial score (nSPS) is 32.5. The van der Waals surface area contributed by atoms with Crippen molar-refractivity contribution >= 4 is 5.57 Å². The van der Waals surface area contributed by atoms with E-state index in [1.54, 1.807) is 0 Å². The van der Waals surface area contributed by atoms with Crippen molar-refractivity contribution in [2.24, 2.45) is 11.8 Å². The second-order valence-corrected chi connectivity index (χ2v) is 3.83. The van der Waals surface area contributed by atoms with Crippen LogP contribution in [-0.2, 0) is 0 Å². The molecule has 12 heavy (non-hydrogen) atoms. The number of imidazole rings is 1. The molecule has 0 saturated heterocycles. The summed E-state index contributed by atoms with van der Waals surface area (Å²) < 4.78 is 0. The number of fused-ring (bicyclic) bond motifs is 2. The Bertz CT molecular complexity index is 311. The minimum absolute atomic E-state index is 0.807. The van der Waals surface area contributed by atoms with Crippen molar-refractivity contribution < 1.29 is 0 Å². The minimum Gasteiger partial charge on any atom is -0.345 e. The van der Waals surface area contributed by atoms with E-state index in [9.17, 15) is 0 Å². The average Bonchev–Trinajstić information content (AvgIpc) is 2.81. The Morgan fingerprint density at radius 1 is 1.42 bits per heavy atom. The topological polar surface area (TPSA) is 28.7 Å². The van der Waals surface area contributed by atoms with Crippen molar-refractivity contribution in [3.63, 3.8) is 0 Å². The molecule has 0 spiro atoms. The zero-order chi connectivity index (χ0) is 7.97. The van der Waals surface area contributed by atoms with E-state index >= 15 is 0 Å². The first-order valence-corrected chi connectivity index (χ1v) is 4.65. The fraction of sp³-hybridized carbons (Fsp3) is 0.500. The molecule has 1 heterocycles. The number of hydrogen-bond acceptors (Lipinski definition) is 1. The highest BCUT2D eigenvalue weighted by Gasteiger charge is 2.33.